The van der Waals surface area contributed by atoms with Crippen molar-refractivity contribution in [2.75, 3.05) is 13.1 Å². The third-order valence-electron chi connectivity index (χ3n) is 3.65. The molecule has 1 aromatic rings. The molecule has 1 atom stereocenters. The van der Waals surface area contributed by atoms with Crippen LogP contribution in [0.25, 0.3) is 0 Å². The van der Waals surface area contributed by atoms with Crippen molar-refractivity contribution in [2.45, 2.75) is 39.7 Å². The minimum atomic E-state index is -0.0277. The van der Waals surface area contributed by atoms with Crippen molar-refractivity contribution in [1.82, 2.24) is 4.90 Å². The fourth-order valence-corrected chi connectivity index (χ4v) is 2.46. The maximum absolute atomic E-state index is 11.8. The molecule has 0 saturated heterocycles. The van der Waals surface area contributed by atoms with Crippen molar-refractivity contribution in [3.05, 3.63) is 35.4 Å². The number of aryl methyl sites for hydroxylation is 1. The number of hydrogen-bond donors (Lipinski definition) is 0. The van der Waals surface area contributed by atoms with Crippen LogP contribution in [0.3, 0.4) is 0 Å². The van der Waals surface area contributed by atoms with E-state index in [1.165, 1.54) is 5.56 Å². The summed E-state index contributed by atoms with van der Waals surface area (Å²) in [5, 5.41) is 4.20. The lowest BCUT2D eigenvalue weighted by molar-refractivity contribution is -0.132. The van der Waals surface area contributed by atoms with Gasteiger partial charge in [0.1, 0.15) is 0 Å². The number of likely N-dealkylation sites (N-methyl/N-ethyl adjacent to an activating group) is 1. The summed E-state index contributed by atoms with van der Waals surface area (Å²) in [6.07, 6.45) is 1.27. The Morgan fingerprint density at radius 2 is 2.15 bits per heavy atom. The van der Waals surface area contributed by atoms with E-state index in [4.69, 9.17) is 4.84 Å². The Hall–Kier alpha value is -1.84. The van der Waals surface area contributed by atoms with Gasteiger partial charge in [0.25, 0.3) is 0 Å². The van der Waals surface area contributed by atoms with Gasteiger partial charge in [-0.1, -0.05) is 36.3 Å². The van der Waals surface area contributed by atoms with Crippen LogP contribution < -0.4 is 0 Å². The zero-order chi connectivity index (χ0) is 14.5. The average Bonchev–Trinajstić information content (AvgIpc) is 2.92. The smallest absolute Gasteiger partial charge is 0.222 e. The van der Waals surface area contributed by atoms with E-state index in [2.05, 4.69) is 24.2 Å². The van der Waals surface area contributed by atoms with Crippen LogP contribution in [0.2, 0.25) is 0 Å². The number of nitrogens with zero attached hydrogens (tertiary/aromatic N) is 2. The van der Waals surface area contributed by atoms with Gasteiger partial charge in [0.05, 0.1) is 12.3 Å². The first-order valence-corrected chi connectivity index (χ1v) is 7.22. The highest BCUT2D eigenvalue weighted by Crippen LogP contribution is 2.20. The summed E-state index contributed by atoms with van der Waals surface area (Å²) >= 11 is 0. The lowest BCUT2D eigenvalue weighted by Crippen LogP contribution is -2.37. The van der Waals surface area contributed by atoms with E-state index in [0.717, 1.165) is 17.7 Å². The quantitative estimate of drug-likeness (QED) is 0.828. The predicted octanol–water partition coefficient (Wildman–Crippen LogP) is 2.75. The highest BCUT2D eigenvalue weighted by molar-refractivity contribution is 6.02. The minimum absolute atomic E-state index is 0.0277. The highest BCUT2D eigenvalue weighted by atomic mass is 16.6. The number of amides is 1. The summed E-state index contributed by atoms with van der Waals surface area (Å²) < 4.78 is 0. The number of oxime groups is 1. The van der Waals surface area contributed by atoms with Crippen molar-refractivity contribution in [3.8, 4) is 0 Å². The summed E-state index contributed by atoms with van der Waals surface area (Å²) in [4.78, 5) is 19.1. The van der Waals surface area contributed by atoms with Crippen molar-refractivity contribution in [3.63, 3.8) is 0 Å². The van der Waals surface area contributed by atoms with Gasteiger partial charge in [-0.2, -0.15) is 0 Å². The first-order valence-electron chi connectivity index (χ1n) is 7.22. The molecule has 0 radical (unpaired) electrons. The van der Waals surface area contributed by atoms with Crippen LogP contribution in [0.15, 0.2) is 29.4 Å². The van der Waals surface area contributed by atoms with E-state index in [0.29, 0.717) is 19.5 Å². The Labute approximate surface area is 120 Å². The molecule has 0 bridgehead atoms. The second-order valence-electron chi connectivity index (χ2n) is 5.07. The standard InChI is InChI=1S/C16H22N2O2/c1-4-16(19)18(5-2)11-13-10-15(17-20-13)14-9-7-6-8-12(14)3/h6-9,13H,4-5,10-11H2,1-3H3/t13-/m1/s1. The third-order valence-corrected chi connectivity index (χ3v) is 3.65. The van der Waals surface area contributed by atoms with Gasteiger partial charge in [0.15, 0.2) is 6.10 Å². The van der Waals surface area contributed by atoms with E-state index >= 15 is 0 Å². The van der Waals surface area contributed by atoms with Crippen molar-refractivity contribution < 1.29 is 9.63 Å². The fraction of sp³-hybridized carbons (Fsp3) is 0.500. The monoisotopic (exact) mass is 274 g/mol. The topological polar surface area (TPSA) is 41.9 Å². The molecule has 1 aliphatic heterocycles. The van der Waals surface area contributed by atoms with Gasteiger partial charge in [-0.15, -0.1) is 0 Å². The second kappa shape index (κ2) is 6.55. The summed E-state index contributed by atoms with van der Waals surface area (Å²) in [5.41, 5.74) is 3.32. The molecule has 1 aliphatic rings. The van der Waals surface area contributed by atoms with E-state index in [1.807, 2.05) is 30.9 Å². The maximum atomic E-state index is 11.8. The Balaban J connectivity index is 1.98. The normalized spacial score (nSPS) is 17.6. The van der Waals surface area contributed by atoms with Crippen LogP contribution in [-0.4, -0.2) is 35.7 Å². The molecule has 0 N–H and O–H groups in total. The molecular weight excluding hydrogens is 252 g/mol. The molecule has 0 saturated carbocycles. The van der Waals surface area contributed by atoms with E-state index in [9.17, 15) is 4.79 Å². The molecule has 1 aromatic carbocycles. The Morgan fingerprint density at radius 1 is 1.40 bits per heavy atom. The summed E-state index contributed by atoms with van der Waals surface area (Å²) in [6.45, 7) is 7.28. The summed E-state index contributed by atoms with van der Waals surface area (Å²) in [5.74, 6) is 0.167. The Kier molecular flexibility index (Phi) is 4.77. The third kappa shape index (κ3) is 3.18. The molecule has 20 heavy (non-hydrogen) atoms. The summed E-state index contributed by atoms with van der Waals surface area (Å²) in [6, 6.07) is 8.17. The van der Waals surface area contributed by atoms with Crippen LogP contribution in [0.5, 0.6) is 0 Å². The number of hydrogen-bond acceptors (Lipinski definition) is 3. The lowest BCUT2D eigenvalue weighted by Gasteiger charge is -2.22. The Bertz CT molecular complexity index is 511. The molecule has 0 fully saturated rings. The number of rotatable bonds is 5. The largest absolute Gasteiger partial charge is 0.390 e. The second-order valence-corrected chi connectivity index (χ2v) is 5.07. The number of benzene rings is 1. The maximum Gasteiger partial charge on any atom is 0.222 e. The van der Waals surface area contributed by atoms with Crippen LogP contribution in [-0.2, 0) is 9.63 Å². The molecule has 2 rings (SSSR count). The fourth-order valence-electron chi connectivity index (χ4n) is 2.46. The molecule has 108 valence electrons. The van der Waals surface area contributed by atoms with Gasteiger partial charge in [-0.3, -0.25) is 4.79 Å². The molecule has 1 amide bonds. The SMILES string of the molecule is CCC(=O)N(CC)C[C@H]1CC(c2ccccc2C)=NO1. The van der Waals surface area contributed by atoms with Crippen LogP contribution in [0.4, 0.5) is 0 Å². The first-order chi connectivity index (χ1) is 9.65. The van der Waals surface area contributed by atoms with E-state index in [-0.39, 0.29) is 12.0 Å². The lowest BCUT2D eigenvalue weighted by atomic mass is 10.0. The molecule has 0 aromatic heterocycles. The van der Waals surface area contributed by atoms with Gasteiger partial charge in [-0.25, -0.2) is 0 Å². The molecule has 0 unspecified atom stereocenters. The van der Waals surface area contributed by atoms with Gasteiger partial charge in [0, 0.05) is 24.9 Å². The van der Waals surface area contributed by atoms with Crippen LogP contribution in [0.1, 0.15) is 37.8 Å². The molecular formula is C16H22N2O2. The van der Waals surface area contributed by atoms with E-state index in [1.54, 1.807) is 0 Å². The van der Waals surface area contributed by atoms with E-state index < -0.39 is 0 Å². The number of carbonyl (C=O) groups is 1. The Morgan fingerprint density at radius 3 is 2.80 bits per heavy atom. The van der Waals surface area contributed by atoms with Crippen LogP contribution >= 0.6 is 0 Å². The summed E-state index contributed by atoms with van der Waals surface area (Å²) in [7, 11) is 0. The number of carbonyl (C=O) groups excluding carboxylic acids is 1. The zero-order valence-electron chi connectivity index (χ0n) is 12.4. The van der Waals surface area contributed by atoms with Crippen molar-refractivity contribution in [1.29, 1.82) is 0 Å². The molecule has 1 heterocycles. The predicted molar refractivity (Wildman–Crippen MR) is 79.8 cm³/mol. The minimum Gasteiger partial charge on any atom is -0.390 e. The molecule has 0 spiro atoms. The van der Waals surface area contributed by atoms with Crippen LogP contribution in [0, 0.1) is 6.92 Å². The molecule has 4 heteroatoms. The van der Waals surface area contributed by atoms with Crippen molar-refractivity contribution >= 4 is 11.6 Å². The average molecular weight is 274 g/mol. The van der Waals surface area contributed by atoms with Gasteiger partial charge >= 0.3 is 0 Å². The van der Waals surface area contributed by atoms with Gasteiger partial charge in [-0.05, 0) is 19.4 Å². The molecule has 4 nitrogen and oxygen atoms in total. The molecule has 0 aliphatic carbocycles. The zero-order valence-corrected chi connectivity index (χ0v) is 12.4. The van der Waals surface area contributed by atoms with Crippen molar-refractivity contribution in [2.24, 2.45) is 5.16 Å². The van der Waals surface area contributed by atoms with Gasteiger partial charge in [0.2, 0.25) is 5.91 Å². The highest BCUT2D eigenvalue weighted by Gasteiger charge is 2.26. The first kappa shape index (κ1) is 14.6. The van der Waals surface area contributed by atoms with Gasteiger partial charge < -0.3 is 9.74 Å².